The fourth-order valence-electron chi connectivity index (χ4n) is 1.58. The zero-order valence-corrected chi connectivity index (χ0v) is 10.9. The molecule has 0 fully saturated rings. The highest BCUT2D eigenvalue weighted by atomic mass is 32.2. The summed E-state index contributed by atoms with van der Waals surface area (Å²) in [5, 5.41) is 0. The minimum atomic E-state index is -3.86. The number of nitrogens with one attached hydrogen (secondary N) is 1. The van der Waals surface area contributed by atoms with Crippen LogP contribution >= 0.6 is 0 Å². The fraction of sp³-hybridized carbons (Fsp3) is 0.0833. The Labute approximate surface area is 110 Å². The number of pyridine rings is 1. The minimum absolute atomic E-state index is 0.145. The lowest BCUT2D eigenvalue weighted by molar-refractivity contribution is 0.600. The van der Waals surface area contributed by atoms with Gasteiger partial charge < -0.3 is 5.73 Å². The summed E-state index contributed by atoms with van der Waals surface area (Å²) in [6.45, 7) is 1.79. The molecule has 1 heterocycles. The summed E-state index contributed by atoms with van der Waals surface area (Å²) < 4.78 is 39.5. The molecule has 100 valence electrons. The van der Waals surface area contributed by atoms with E-state index in [4.69, 9.17) is 5.73 Å². The first-order valence-corrected chi connectivity index (χ1v) is 6.86. The molecule has 0 bridgehead atoms. The van der Waals surface area contributed by atoms with Crippen molar-refractivity contribution in [3.8, 4) is 0 Å². The quantitative estimate of drug-likeness (QED) is 0.842. The first-order valence-electron chi connectivity index (χ1n) is 5.38. The molecule has 0 aliphatic heterocycles. The van der Waals surface area contributed by atoms with Gasteiger partial charge in [-0.1, -0.05) is 0 Å². The van der Waals surface area contributed by atoms with E-state index in [0.717, 1.165) is 23.8 Å². The summed E-state index contributed by atoms with van der Waals surface area (Å²) in [6, 6.07) is 4.75. The van der Waals surface area contributed by atoms with Gasteiger partial charge in [0.15, 0.2) is 0 Å². The van der Waals surface area contributed by atoms with Gasteiger partial charge in [0.05, 0.1) is 17.6 Å². The molecule has 0 unspecified atom stereocenters. The highest BCUT2D eigenvalue weighted by Gasteiger charge is 2.18. The Bertz CT molecular complexity index is 717. The van der Waals surface area contributed by atoms with Crippen molar-refractivity contribution < 1.29 is 12.8 Å². The van der Waals surface area contributed by atoms with Crippen molar-refractivity contribution in [3.63, 3.8) is 0 Å². The number of nitrogens with two attached hydrogens (primary N) is 1. The molecule has 0 saturated carbocycles. The number of aromatic nitrogens is 1. The van der Waals surface area contributed by atoms with Gasteiger partial charge in [0, 0.05) is 6.20 Å². The first-order chi connectivity index (χ1) is 8.88. The minimum Gasteiger partial charge on any atom is -0.398 e. The Morgan fingerprint density at radius 2 is 2.00 bits per heavy atom. The second-order valence-corrected chi connectivity index (χ2v) is 5.69. The van der Waals surface area contributed by atoms with Crippen molar-refractivity contribution >= 4 is 21.4 Å². The lowest BCUT2D eigenvalue weighted by atomic mass is 10.3. The van der Waals surface area contributed by atoms with Crippen LogP contribution in [-0.4, -0.2) is 13.4 Å². The van der Waals surface area contributed by atoms with E-state index in [1.807, 2.05) is 0 Å². The van der Waals surface area contributed by atoms with E-state index in [1.165, 1.54) is 6.20 Å². The number of anilines is 2. The summed E-state index contributed by atoms with van der Waals surface area (Å²) in [6.07, 6.45) is 2.98. The molecule has 0 radical (unpaired) electrons. The van der Waals surface area contributed by atoms with Crippen molar-refractivity contribution in [3.05, 3.63) is 48.0 Å². The van der Waals surface area contributed by atoms with E-state index in [-0.39, 0.29) is 10.6 Å². The van der Waals surface area contributed by atoms with E-state index < -0.39 is 15.8 Å². The molecule has 19 heavy (non-hydrogen) atoms. The average Bonchev–Trinajstić information content (AvgIpc) is 2.27. The second-order valence-electron chi connectivity index (χ2n) is 4.04. The van der Waals surface area contributed by atoms with Gasteiger partial charge in [-0.05, 0) is 36.8 Å². The molecule has 5 nitrogen and oxygen atoms in total. The standard InChI is InChI=1S/C12H12FN3O2S/c1-8-4-10(7-15-6-8)16-19(17,18)12-3-2-9(13)5-11(12)14/h2-7,16H,14H2,1H3. The summed E-state index contributed by atoms with van der Waals surface area (Å²) in [4.78, 5) is 3.71. The summed E-state index contributed by atoms with van der Waals surface area (Å²) in [5.74, 6) is -0.589. The second kappa shape index (κ2) is 4.85. The van der Waals surface area contributed by atoms with Crippen molar-refractivity contribution in [1.82, 2.24) is 4.98 Å². The number of nitrogen functional groups attached to an aromatic ring is 1. The molecule has 0 atom stereocenters. The third kappa shape index (κ3) is 3.00. The van der Waals surface area contributed by atoms with Crippen molar-refractivity contribution in [2.24, 2.45) is 0 Å². The summed E-state index contributed by atoms with van der Waals surface area (Å²) >= 11 is 0. The van der Waals surface area contributed by atoms with Gasteiger partial charge in [0.1, 0.15) is 10.7 Å². The van der Waals surface area contributed by atoms with Crippen molar-refractivity contribution in [2.75, 3.05) is 10.5 Å². The highest BCUT2D eigenvalue weighted by molar-refractivity contribution is 7.92. The van der Waals surface area contributed by atoms with Gasteiger partial charge in [-0.2, -0.15) is 0 Å². The number of halogens is 1. The highest BCUT2D eigenvalue weighted by Crippen LogP contribution is 2.22. The molecule has 0 aliphatic rings. The number of benzene rings is 1. The summed E-state index contributed by atoms with van der Waals surface area (Å²) in [7, 11) is -3.86. The van der Waals surface area contributed by atoms with Crippen LogP contribution in [0.4, 0.5) is 15.8 Å². The number of hydrogen-bond acceptors (Lipinski definition) is 4. The molecule has 0 spiro atoms. The van der Waals surface area contributed by atoms with Crippen molar-refractivity contribution in [1.29, 1.82) is 0 Å². The first kappa shape index (κ1) is 13.3. The Morgan fingerprint density at radius 3 is 2.63 bits per heavy atom. The molecule has 2 aromatic rings. The number of nitrogens with zero attached hydrogens (tertiary/aromatic N) is 1. The Hall–Kier alpha value is -2.15. The number of sulfonamides is 1. The number of aryl methyl sites for hydroxylation is 1. The maximum absolute atomic E-state index is 12.9. The Morgan fingerprint density at radius 1 is 1.26 bits per heavy atom. The normalized spacial score (nSPS) is 11.3. The zero-order chi connectivity index (χ0) is 14.0. The molecule has 0 amide bonds. The van der Waals surface area contributed by atoms with Gasteiger partial charge in [0.25, 0.3) is 10.0 Å². The van der Waals surface area contributed by atoms with Gasteiger partial charge >= 0.3 is 0 Å². The van der Waals surface area contributed by atoms with E-state index >= 15 is 0 Å². The van der Waals surface area contributed by atoms with Crippen LogP contribution in [0, 0.1) is 12.7 Å². The molecule has 0 saturated heterocycles. The van der Waals surface area contributed by atoms with Crippen LogP contribution in [0.5, 0.6) is 0 Å². The van der Waals surface area contributed by atoms with Gasteiger partial charge in [-0.15, -0.1) is 0 Å². The van der Waals surface area contributed by atoms with Crippen LogP contribution < -0.4 is 10.5 Å². The molecule has 0 aliphatic carbocycles. The number of rotatable bonds is 3. The molecule has 1 aromatic carbocycles. The van der Waals surface area contributed by atoms with Crippen LogP contribution in [0.1, 0.15) is 5.56 Å². The third-order valence-electron chi connectivity index (χ3n) is 2.39. The maximum Gasteiger partial charge on any atom is 0.263 e. The van der Waals surface area contributed by atoms with Crippen LogP contribution in [0.25, 0.3) is 0 Å². The van der Waals surface area contributed by atoms with Crippen molar-refractivity contribution in [2.45, 2.75) is 11.8 Å². The SMILES string of the molecule is Cc1cncc(NS(=O)(=O)c2ccc(F)cc2N)c1. The molecule has 7 heteroatoms. The topological polar surface area (TPSA) is 85.1 Å². The molecule has 1 aromatic heterocycles. The van der Waals surface area contributed by atoms with Gasteiger partial charge in [-0.25, -0.2) is 12.8 Å². The average molecular weight is 281 g/mol. The maximum atomic E-state index is 12.9. The van der Waals surface area contributed by atoms with Crippen LogP contribution in [0.3, 0.4) is 0 Å². The van der Waals surface area contributed by atoms with E-state index in [9.17, 15) is 12.8 Å². The lowest BCUT2D eigenvalue weighted by Gasteiger charge is -2.10. The van der Waals surface area contributed by atoms with E-state index in [0.29, 0.717) is 5.69 Å². The lowest BCUT2D eigenvalue weighted by Crippen LogP contribution is -2.15. The van der Waals surface area contributed by atoms with Crippen LogP contribution in [-0.2, 0) is 10.0 Å². The molecular formula is C12H12FN3O2S. The predicted molar refractivity (Wildman–Crippen MR) is 70.6 cm³/mol. The Kier molecular flexibility index (Phi) is 3.39. The molecular weight excluding hydrogens is 269 g/mol. The third-order valence-corrected chi connectivity index (χ3v) is 3.84. The monoisotopic (exact) mass is 281 g/mol. The molecule has 2 rings (SSSR count). The fourth-order valence-corrected chi connectivity index (χ4v) is 2.73. The summed E-state index contributed by atoms with van der Waals surface area (Å²) in [5.41, 5.74) is 6.51. The zero-order valence-electron chi connectivity index (χ0n) is 10.1. The number of hydrogen-bond donors (Lipinski definition) is 2. The van der Waals surface area contributed by atoms with E-state index in [1.54, 1.807) is 19.2 Å². The smallest absolute Gasteiger partial charge is 0.263 e. The van der Waals surface area contributed by atoms with Gasteiger partial charge in [-0.3, -0.25) is 9.71 Å². The Balaban J connectivity index is 2.38. The van der Waals surface area contributed by atoms with Gasteiger partial charge in [0.2, 0.25) is 0 Å². The van der Waals surface area contributed by atoms with Crippen LogP contribution in [0.2, 0.25) is 0 Å². The molecule has 3 N–H and O–H groups in total. The van der Waals surface area contributed by atoms with E-state index in [2.05, 4.69) is 9.71 Å². The largest absolute Gasteiger partial charge is 0.398 e. The van der Waals surface area contributed by atoms with Crippen LogP contribution in [0.15, 0.2) is 41.6 Å². The predicted octanol–water partition coefficient (Wildman–Crippen LogP) is 1.91.